The Hall–Kier alpha value is -2.72. The number of anilines is 2. The summed E-state index contributed by atoms with van der Waals surface area (Å²) < 4.78 is 32.8. The highest BCUT2D eigenvalue weighted by molar-refractivity contribution is 7.94. The van der Waals surface area contributed by atoms with E-state index in [9.17, 15) is 13.2 Å². The molecule has 9 heteroatoms. The van der Waals surface area contributed by atoms with Gasteiger partial charge in [0.2, 0.25) is 5.91 Å². The lowest BCUT2D eigenvalue weighted by atomic mass is 10.1. The molecule has 1 aliphatic heterocycles. The Balaban J connectivity index is 1.25. The maximum Gasteiger partial charge on any atom is 0.271 e. The van der Waals surface area contributed by atoms with E-state index in [1.54, 1.807) is 41.8 Å². The number of nitrogens with zero attached hydrogens (tertiary/aromatic N) is 1. The topological polar surface area (TPSA) is 87.7 Å². The van der Waals surface area contributed by atoms with Gasteiger partial charge in [-0.15, -0.1) is 11.3 Å². The van der Waals surface area contributed by atoms with Crippen molar-refractivity contribution in [2.75, 3.05) is 42.9 Å². The molecule has 1 fully saturated rings. The molecule has 0 spiro atoms. The fourth-order valence-corrected chi connectivity index (χ4v) is 5.62. The number of hydrogen-bond acceptors (Lipinski definition) is 6. The van der Waals surface area contributed by atoms with Crippen molar-refractivity contribution < 1.29 is 17.9 Å². The number of carbonyl (C=O) groups is 1. The minimum atomic E-state index is -3.58. The second-order valence-electron chi connectivity index (χ2n) is 7.86. The van der Waals surface area contributed by atoms with Crippen LogP contribution in [0.5, 0.6) is 0 Å². The second kappa shape index (κ2) is 10.9. The lowest BCUT2D eigenvalue weighted by Gasteiger charge is -2.26. The molecule has 0 aliphatic carbocycles. The molecule has 1 saturated heterocycles. The summed E-state index contributed by atoms with van der Waals surface area (Å²) >= 11 is 1.16. The number of nitrogens with one attached hydrogen (secondary N) is 2. The summed E-state index contributed by atoms with van der Waals surface area (Å²) in [4.78, 5) is 14.8. The predicted molar refractivity (Wildman–Crippen MR) is 131 cm³/mol. The maximum absolute atomic E-state index is 12.4. The summed E-state index contributed by atoms with van der Waals surface area (Å²) in [5.74, 6) is -0.122. The monoisotopic (exact) mass is 485 g/mol. The fraction of sp³-hybridized carbons (Fsp3) is 0.292. The molecule has 2 aromatic carbocycles. The largest absolute Gasteiger partial charge is 0.379 e. The zero-order chi connectivity index (χ0) is 23.1. The fourth-order valence-electron chi connectivity index (χ4n) is 3.57. The van der Waals surface area contributed by atoms with E-state index >= 15 is 0 Å². The van der Waals surface area contributed by atoms with Crippen LogP contribution in [0, 0.1) is 0 Å². The van der Waals surface area contributed by atoms with Crippen LogP contribution in [0.2, 0.25) is 0 Å². The Bertz CT molecular complexity index is 1140. The summed E-state index contributed by atoms with van der Waals surface area (Å²) in [5, 5.41) is 4.64. The summed E-state index contributed by atoms with van der Waals surface area (Å²) in [6, 6.07) is 18.0. The van der Waals surface area contributed by atoms with E-state index < -0.39 is 10.0 Å². The lowest BCUT2D eigenvalue weighted by molar-refractivity contribution is -0.115. The van der Waals surface area contributed by atoms with Gasteiger partial charge in [-0.25, -0.2) is 8.42 Å². The number of amides is 1. The Kier molecular flexibility index (Phi) is 7.77. The first-order valence-electron chi connectivity index (χ1n) is 10.8. The summed E-state index contributed by atoms with van der Waals surface area (Å²) in [5.41, 5.74) is 3.25. The number of hydrogen-bond donors (Lipinski definition) is 2. The van der Waals surface area contributed by atoms with Gasteiger partial charge in [0.25, 0.3) is 10.0 Å². The van der Waals surface area contributed by atoms with E-state index in [2.05, 4.69) is 14.9 Å². The molecule has 1 aromatic heterocycles. The van der Waals surface area contributed by atoms with Crippen molar-refractivity contribution in [1.82, 2.24) is 4.90 Å². The van der Waals surface area contributed by atoms with Crippen molar-refractivity contribution in [3.63, 3.8) is 0 Å². The lowest BCUT2D eigenvalue weighted by Crippen LogP contribution is -2.37. The quantitative estimate of drug-likeness (QED) is 0.484. The third-order valence-corrected chi connectivity index (χ3v) is 8.17. The molecule has 0 bridgehead atoms. The molecule has 1 aliphatic rings. The predicted octanol–water partition coefficient (Wildman–Crippen LogP) is 3.60. The molecule has 1 amide bonds. The van der Waals surface area contributed by atoms with Gasteiger partial charge in [-0.2, -0.15) is 0 Å². The molecular formula is C24H27N3O4S2. The van der Waals surface area contributed by atoms with Crippen molar-refractivity contribution in [1.29, 1.82) is 0 Å². The molecule has 4 rings (SSSR count). The van der Waals surface area contributed by atoms with Gasteiger partial charge in [0.1, 0.15) is 4.21 Å². The average Bonchev–Trinajstić information content (AvgIpc) is 3.37. The number of sulfonamides is 1. The van der Waals surface area contributed by atoms with Crippen LogP contribution in [0.25, 0.3) is 0 Å². The van der Waals surface area contributed by atoms with Crippen LogP contribution in [0.4, 0.5) is 11.4 Å². The Labute approximate surface area is 198 Å². The number of carbonyl (C=O) groups excluding carboxylic acids is 1. The van der Waals surface area contributed by atoms with E-state index in [1.807, 2.05) is 24.3 Å². The highest BCUT2D eigenvalue weighted by Crippen LogP contribution is 2.20. The zero-order valence-electron chi connectivity index (χ0n) is 18.2. The third-order valence-electron chi connectivity index (χ3n) is 5.39. The van der Waals surface area contributed by atoms with Crippen molar-refractivity contribution in [3.8, 4) is 0 Å². The van der Waals surface area contributed by atoms with Crippen LogP contribution >= 0.6 is 11.3 Å². The summed E-state index contributed by atoms with van der Waals surface area (Å²) in [6.45, 7) is 4.58. The van der Waals surface area contributed by atoms with Gasteiger partial charge in [0.15, 0.2) is 0 Å². The standard InChI is InChI=1S/C24H27N3O4S2/c28-23(25-21-7-3-19(4-8-21)11-12-27-13-15-31-16-14-27)18-20-5-9-22(10-6-20)26-33(29,30)24-2-1-17-32-24/h1-10,17,26H,11-16,18H2,(H,25,28). The van der Waals surface area contributed by atoms with Gasteiger partial charge < -0.3 is 10.1 Å². The molecule has 0 unspecified atom stereocenters. The minimum Gasteiger partial charge on any atom is -0.379 e. The first kappa shape index (κ1) is 23.4. The number of rotatable bonds is 9. The van der Waals surface area contributed by atoms with Gasteiger partial charge in [-0.05, 0) is 53.3 Å². The van der Waals surface area contributed by atoms with E-state index in [0.29, 0.717) is 5.69 Å². The normalized spacial score (nSPS) is 14.7. The van der Waals surface area contributed by atoms with Crippen molar-refractivity contribution in [2.45, 2.75) is 17.1 Å². The molecule has 2 N–H and O–H groups in total. The highest BCUT2D eigenvalue weighted by Gasteiger charge is 2.15. The highest BCUT2D eigenvalue weighted by atomic mass is 32.2. The van der Waals surface area contributed by atoms with E-state index in [0.717, 1.165) is 61.9 Å². The number of morpholine rings is 1. The Morgan fingerprint density at radius 1 is 0.939 bits per heavy atom. The first-order chi connectivity index (χ1) is 16.0. The van der Waals surface area contributed by atoms with Gasteiger partial charge in [-0.1, -0.05) is 30.3 Å². The molecule has 0 radical (unpaired) electrons. The zero-order valence-corrected chi connectivity index (χ0v) is 19.8. The van der Waals surface area contributed by atoms with Crippen molar-refractivity contribution >= 4 is 38.6 Å². The van der Waals surface area contributed by atoms with Crippen molar-refractivity contribution in [2.24, 2.45) is 0 Å². The first-order valence-corrected chi connectivity index (χ1v) is 13.2. The summed E-state index contributed by atoms with van der Waals surface area (Å²) in [7, 11) is -3.58. The van der Waals surface area contributed by atoms with Crippen LogP contribution in [-0.2, 0) is 32.4 Å². The smallest absolute Gasteiger partial charge is 0.271 e. The minimum absolute atomic E-state index is 0.122. The Morgan fingerprint density at radius 3 is 2.27 bits per heavy atom. The molecule has 33 heavy (non-hydrogen) atoms. The molecule has 174 valence electrons. The molecular weight excluding hydrogens is 458 g/mol. The summed E-state index contributed by atoms with van der Waals surface area (Å²) in [6.07, 6.45) is 1.17. The Morgan fingerprint density at radius 2 is 1.61 bits per heavy atom. The second-order valence-corrected chi connectivity index (χ2v) is 10.7. The van der Waals surface area contributed by atoms with Gasteiger partial charge in [0.05, 0.1) is 19.6 Å². The molecule has 7 nitrogen and oxygen atoms in total. The van der Waals surface area contributed by atoms with Crippen LogP contribution in [0.15, 0.2) is 70.3 Å². The third kappa shape index (κ3) is 6.88. The molecule has 0 atom stereocenters. The van der Waals surface area contributed by atoms with Crippen LogP contribution in [0.1, 0.15) is 11.1 Å². The van der Waals surface area contributed by atoms with Gasteiger partial charge >= 0.3 is 0 Å². The van der Waals surface area contributed by atoms with Gasteiger partial charge in [0, 0.05) is 31.0 Å². The van der Waals surface area contributed by atoms with E-state index in [4.69, 9.17) is 4.74 Å². The van der Waals surface area contributed by atoms with E-state index in [1.165, 1.54) is 5.56 Å². The van der Waals surface area contributed by atoms with E-state index in [-0.39, 0.29) is 16.5 Å². The van der Waals surface area contributed by atoms with Crippen LogP contribution in [0.3, 0.4) is 0 Å². The van der Waals surface area contributed by atoms with Gasteiger partial charge in [-0.3, -0.25) is 14.4 Å². The number of ether oxygens (including phenoxy) is 1. The number of thiophene rings is 1. The van der Waals surface area contributed by atoms with Crippen molar-refractivity contribution in [3.05, 3.63) is 77.2 Å². The number of benzene rings is 2. The SMILES string of the molecule is O=C(Cc1ccc(NS(=O)(=O)c2cccs2)cc1)Nc1ccc(CCN2CCOCC2)cc1. The molecule has 0 saturated carbocycles. The van der Waals surface area contributed by atoms with Crippen LogP contribution < -0.4 is 10.0 Å². The average molecular weight is 486 g/mol. The molecule has 2 heterocycles. The molecule has 3 aromatic rings. The maximum atomic E-state index is 12.4. The van der Waals surface area contributed by atoms with Crippen LogP contribution in [-0.4, -0.2) is 52.1 Å².